The van der Waals surface area contributed by atoms with Crippen LogP contribution in [0, 0.1) is 0 Å². The lowest BCUT2D eigenvalue weighted by Crippen LogP contribution is -2.36. The molecule has 1 amide bonds. The highest BCUT2D eigenvalue weighted by molar-refractivity contribution is 5.79. The number of rotatable bonds is 4. The van der Waals surface area contributed by atoms with Gasteiger partial charge >= 0.3 is 0 Å². The molecule has 1 aromatic heterocycles. The van der Waals surface area contributed by atoms with Gasteiger partial charge in [0.05, 0.1) is 5.92 Å². The second kappa shape index (κ2) is 7.38. The second-order valence-corrected chi connectivity index (χ2v) is 7.30. The molecule has 1 aliphatic carbocycles. The average Bonchev–Trinajstić information content (AvgIpc) is 3.14. The zero-order valence-electron chi connectivity index (χ0n) is 14.6. The van der Waals surface area contributed by atoms with E-state index in [0.29, 0.717) is 30.6 Å². The summed E-state index contributed by atoms with van der Waals surface area (Å²) in [5.74, 6) is 1.62. The van der Waals surface area contributed by atoms with Gasteiger partial charge in [-0.3, -0.25) is 4.79 Å². The lowest BCUT2D eigenvalue weighted by atomic mass is 10.1. The lowest BCUT2D eigenvalue weighted by Gasteiger charge is -2.26. The molecular weight excluding hydrogens is 314 g/mol. The van der Waals surface area contributed by atoms with Gasteiger partial charge in [-0.2, -0.15) is 4.98 Å². The van der Waals surface area contributed by atoms with E-state index in [1.165, 1.54) is 25.7 Å². The normalized spacial score (nSPS) is 22.3. The van der Waals surface area contributed by atoms with E-state index in [4.69, 9.17) is 4.52 Å². The van der Waals surface area contributed by atoms with Crippen molar-refractivity contribution in [1.29, 1.82) is 0 Å². The molecule has 25 heavy (non-hydrogen) atoms. The van der Waals surface area contributed by atoms with Crippen LogP contribution < -0.4 is 0 Å². The molecule has 2 heterocycles. The maximum absolute atomic E-state index is 12.5. The number of carbonyl (C=O) groups is 1. The van der Waals surface area contributed by atoms with Crippen LogP contribution in [-0.4, -0.2) is 33.5 Å². The van der Waals surface area contributed by atoms with Gasteiger partial charge in [-0.15, -0.1) is 0 Å². The molecule has 0 N–H and O–H groups in total. The first-order chi connectivity index (χ1) is 12.3. The van der Waals surface area contributed by atoms with Crippen molar-refractivity contribution in [2.24, 2.45) is 0 Å². The van der Waals surface area contributed by atoms with Gasteiger partial charge in [-0.1, -0.05) is 61.2 Å². The van der Waals surface area contributed by atoms with Gasteiger partial charge in [0.2, 0.25) is 11.8 Å². The van der Waals surface area contributed by atoms with Crippen LogP contribution in [0.1, 0.15) is 68.1 Å². The first kappa shape index (κ1) is 16.3. The summed E-state index contributed by atoms with van der Waals surface area (Å²) in [6.07, 6.45) is 8.52. The van der Waals surface area contributed by atoms with Gasteiger partial charge in [0.1, 0.15) is 0 Å². The number of amides is 1. The number of aromatic nitrogens is 2. The predicted octanol–water partition coefficient (Wildman–Crippen LogP) is 3.70. The molecule has 0 bridgehead atoms. The van der Waals surface area contributed by atoms with Crippen LogP contribution in [0.3, 0.4) is 0 Å². The molecule has 0 radical (unpaired) electrons. The van der Waals surface area contributed by atoms with Crippen molar-refractivity contribution < 1.29 is 9.32 Å². The van der Waals surface area contributed by atoms with Gasteiger partial charge in [0.25, 0.3) is 0 Å². The van der Waals surface area contributed by atoms with Gasteiger partial charge in [0.15, 0.2) is 5.82 Å². The second-order valence-electron chi connectivity index (χ2n) is 7.30. The van der Waals surface area contributed by atoms with Crippen molar-refractivity contribution in [1.82, 2.24) is 15.0 Å². The molecular formula is C20H25N3O2. The first-order valence-electron chi connectivity index (χ1n) is 9.45. The van der Waals surface area contributed by atoms with E-state index in [-0.39, 0.29) is 11.8 Å². The highest BCUT2D eigenvalue weighted by atomic mass is 16.5. The van der Waals surface area contributed by atoms with E-state index in [1.54, 1.807) is 0 Å². The molecule has 1 atom stereocenters. The maximum atomic E-state index is 12.5. The fourth-order valence-electron chi connectivity index (χ4n) is 4.10. The Bertz CT molecular complexity index is 705. The highest BCUT2D eigenvalue weighted by Gasteiger charge is 2.37. The number of carbonyl (C=O) groups excluding carboxylic acids is 1. The van der Waals surface area contributed by atoms with Crippen LogP contribution in [0.2, 0.25) is 0 Å². The molecule has 4 rings (SSSR count). The van der Waals surface area contributed by atoms with E-state index in [9.17, 15) is 4.79 Å². The summed E-state index contributed by atoms with van der Waals surface area (Å²) >= 11 is 0. The summed E-state index contributed by atoms with van der Waals surface area (Å²) in [7, 11) is 0. The topological polar surface area (TPSA) is 59.2 Å². The third-order valence-corrected chi connectivity index (χ3v) is 5.46. The van der Waals surface area contributed by atoms with Crippen LogP contribution in [-0.2, 0) is 11.2 Å². The fraction of sp³-hybridized carbons (Fsp3) is 0.550. The van der Waals surface area contributed by atoms with E-state index >= 15 is 0 Å². The Balaban J connectivity index is 1.42. The van der Waals surface area contributed by atoms with Crippen molar-refractivity contribution >= 4 is 5.91 Å². The Hall–Kier alpha value is -2.17. The summed E-state index contributed by atoms with van der Waals surface area (Å²) in [6, 6.07) is 10.5. The molecule has 1 aliphatic heterocycles. The average molecular weight is 339 g/mol. The van der Waals surface area contributed by atoms with E-state index in [0.717, 1.165) is 24.9 Å². The minimum absolute atomic E-state index is 0.0489. The molecule has 132 valence electrons. The Kier molecular flexibility index (Phi) is 4.81. The predicted molar refractivity (Wildman–Crippen MR) is 94.1 cm³/mol. The van der Waals surface area contributed by atoms with Crippen LogP contribution >= 0.6 is 0 Å². The lowest BCUT2D eigenvalue weighted by molar-refractivity contribution is -0.129. The largest absolute Gasteiger partial charge is 0.339 e. The molecule has 2 aliphatic rings. The smallest absolute Gasteiger partial charge is 0.232 e. The number of likely N-dealkylation sites (tertiary alicyclic amines) is 1. The third-order valence-electron chi connectivity index (χ3n) is 5.46. The minimum Gasteiger partial charge on any atom is -0.339 e. The van der Waals surface area contributed by atoms with Crippen LogP contribution in [0.5, 0.6) is 0 Å². The summed E-state index contributed by atoms with van der Waals surface area (Å²) in [5, 5.41) is 4.12. The molecule has 5 heteroatoms. The van der Waals surface area contributed by atoms with Crippen LogP contribution in [0.25, 0.3) is 0 Å². The van der Waals surface area contributed by atoms with Crippen molar-refractivity contribution in [2.75, 3.05) is 6.54 Å². The third kappa shape index (κ3) is 3.75. The quantitative estimate of drug-likeness (QED) is 0.797. The van der Waals surface area contributed by atoms with Crippen molar-refractivity contribution in [3.63, 3.8) is 0 Å². The first-order valence-corrected chi connectivity index (χ1v) is 9.45. The number of hydrogen-bond donors (Lipinski definition) is 0. The van der Waals surface area contributed by atoms with E-state index in [2.05, 4.69) is 27.2 Å². The Morgan fingerprint density at radius 1 is 1.08 bits per heavy atom. The number of nitrogens with zero attached hydrogens (tertiary/aromatic N) is 3. The molecule has 0 spiro atoms. The van der Waals surface area contributed by atoms with Crippen molar-refractivity contribution in [3.05, 3.63) is 47.6 Å². The van der Waals surface area contributed by atoms with Gasteiger partial charge < -0.3 is 9.42 Å². The minimum atomic E-state index is 0.0489. The Labute approximate surface area is 148 Å². The zero-order valence-corrected chi connectivity index (χ0v) is 14.6. The molecule has 1 saturated carbocycles. The van der Waals surface area contributed by atoms with Crippen LogP contribution in [0.15, 0.2) is 34.9 Å². The van der Waals surface area contributed by atoms with Gasteiger partial charge in [-0.05, 0) is 18.4 Å². The zero-order chi connectivity index (χ0) is 17.1. The Morgan fingerprint density at radius 3 is 2.60 bits per heavy atom. The molecule has 2 fully saturated rings. The molecule has 2 aromatic rings. The molecule has 1 aromatic carbocycles. The number of hydrogen-bond acceptors (Lipinski definition) is 4. The summed E-state index contributed by atoms with van der Waals surface area (Å²) in [6.45, 7) is 0.733. The highest BCUT2D eigenvalue weighted by Crippen LogP contribution is 2.32. The summed E-state index contributed by atoms with van der Waals surface area (Å²) < 4.78 is 5.49. The standard InChI is InChI=1S/C20H25N3O2/c24-19-13-16(14-23(19)17-10-6-1-2-7-11-17)20-21-18(22-25-20)12-15-8-4-3-5-9-15/h3-5,8-9,16-17H,1-2,6-7,10-14H2/t16-/m0/s1. The van der Waals surface area contributed by atoms with Crippen molar-refractivity contribution in [2.45, 2.75) is 63.3 Å². The van der Waals surface area contributed by atoms with E-state index in [1.807, 2.05) is 18.2 Å². The fourth-order valence-corrected chi connectivity index (χ4v) is 4.10. The molecule has 0 unspecified atom stereocenters. The van der Waals surface area contributed by atoms with Gasteiger partial charge in [-0.25, -0.2) is 0 Å². The summed E-state index contributed by atoms with van der Waals surface area (Å²) in [4.78, 5) is 19.1. The van der Waals surface area contributed by atoms with E-state index < -0.39 is 0 Å². The van der Waals surface area contributed by atoms with Crippen molar-refractivity contribution in [3.8, 4) is 0 Å². The molecule has 5 nitrogen and oxygen atoms in total. The summed E-state index contributed by atoms with van der Waals surface area (Å²) in [5.41, 5.74) is 1.16. The number of benzene rings is 1. The maximum Gasteiger partial charge on any atom is 0.232 e. The Morgan fingerprint density at radius 2 is 1.84 bits per heavy atom. The SMILES string of the molecule is O=C1C[C@H](c2nc(Cc3ccccc3)no2)CN1C1CCCCCC1. The monoisotopic (exact) mass is 339 g/mol. The van der Waals surface area contributed by atoms with Gasteiger partial charge in [0, 0.05) is 25.4 Å². The van der Waals surface area contributed by atoms with Crippen LogP contribution in [0.4, 0.5) is 0 Å². The molecule has 1 saturated heterocycles.